The number of methoxy groups -OCH3 is 1. The van der Waals surface area contributed by atoms with Crippen molar-refractivity contribution in [2.45, 2.75) is 6.04 Å². The van der Waals surface area contributed by atoms with Crippen LogP contribution in [0.2, 0.25) is 0 Å². The molecule has 0 radical (unpaired) electrons. The van der Waals surface area contributed by atoms with Gasteiger partial charge >= 0.3 is 5.97 Å². The first-order valence-electron chi connectivity index (χ1n) is 4.67. The summed E-state index contributed by atoms with van der Waals surface area (Å²) < 4.78 is 10.3. The van der Waals surface area contributed by atoms with Gasteiger partial charge in [-0.05, 0) is 12.1 Å². The van der Waals surface area contributed by atoms with Crippen LogP contribution in [0.15, 0.2) is 28.9 Å². The molecule has 0 saturated carbocycles. The maximum absolute atomic E-state index is 10.8. The van der Waals surface area contributed by atoms with Gasteiger partial charge in [0.1, 0.15) is 17.4 Å². The van der Waals surface area contributed by atoms with Crippen LogP contribution in [0.4, 0.5) is 0 Å². The number of fused-ring (bicyclic) bond motifs is 1. The number of carboxylic acids is 1. The highest BCUT2D eigenvalue weighted by Gasteiger charge is 2.20. The number of nitrogens with two attached hydrogens (primary N) is 1. The Bertz CT molecular complexity index is 532. The summed E-state index contributed by atoms with van der Waals surface area (Å²) in [7, 11) is 1.46. The van der Waals surface area contributed by atoms with Gasteiger partial charge in [0, 0.05) is 17.0 Å². The lowest BCUT2D eigenvalue weighted by atomic mass is 10.0. The Balaban J connectivity index is 2.61. The normalized spacial score (nSPS) is 12.6. The molecule has 1 aromatic carbocycles. The number of carboxylic acid groups (broad SMARTS) is 1. The van der Waals surface area contributed by atoms with Crippen molar-refractivity contribution in [3.05, 3.63) is 30.0 Å². The van der Waals surface area contributed by atoms with Crippen molar-refractivity contribution in [2.75, 3.05) is 7.11 Å². The Morgan fingerprint density at radius 2 is 2.31 bits per heavy atom. The lowest BCUT2D eigenvalue weighted by molar-refractivity contribution is -0.138. The third-order valence-corrected chi connectivity index (χ3v) is 2.41. The molecule has 2 aromatic rings. The molecule has 1 heterocycles. The van der Waals surface area contributed by atoms with Crippen LogP contribution in [0, 0.1) is 0 Å². The highest BCUT2D eigenvalue weighted by molar-refractivity contribution is 5.84. The zero-order valence-electron chi connectivity index (χ0n) is 8.64. The minimum atomic E-state index is -1.10. The second kappa shape index (κ2) is 3.86. The molecule has 0 fully saturated rings. The van der Waals surface area contributed by atoms with Crippen molar-refractivity contribution in [3.63, 3.8) is 0 Å². The summed E-state index contributed by atoms with van der Waals surface area (Å²) in [5.74, 6) is -0.682. The molecule has 84 valence electrons. The van der Waals surface area contributed by atoms with Gasteiger partial charge in [0.25, 0.3) is 0 Å². The van der Waals surface area contributed by atoms with Gasteiger partial charge < -0.3 is 20.0 Å². The highest BCUT2D eigenvalue weighted by Crippen LogP contribution is 2.30. The molecule has 0 saturated heterocycles. The second-order valence-electron chi connectivity index (χ2n) is 3.37. The molecule has 3 N–H and O–H groups in total. The monoisotopic (exact) mass is 221 g/mol. The van der Waals surface area contributed by atoms with Crippen LogP contribution in [-0.4, -0.2) is 18.2 Å². The van der Waals surface area contributed by atoms with Crippen LogP contribution in [-0.2, 0) is 4.79 Å². The SMILES string of the molecule is COc1cc2occc2cc1C(N)C(=O)O. The molecule has 5 nitrogen and oxygen atoms in total. The number of rotatable bonds is 3. The fourth-order valence-electron chi connectivity index (χ4n) is 1.56. The number of benzene rings is 1. The molecule has 1 aromatic heterocycles. The molecular weight excluding hydrogens is 210 g/mol. The molecule has 0 aliphatic rings. The predicted molar refractivity (Wildman–Crippen MR) is 57.3 cm³/mol. The second-order valence-corrected chi connectivity index (χ2v) is 3.37. The third kappa shape index (κ3) is 1.61. The average molecular weight is 221 g/mol. The van der Waals surface area contributed by atoms with Crippen molar-refractivity contribution < 1.29 is 19.1 Å². The number of carbonyl (C=O) groups is 1. The van der Waals surface area contributed by atoms with E-state index in [1.165, 1.54) is 13.4 Å². The lowest BCUT2D eigenvalue weighted by Gasteiger charge is -2.11. The van der Waals surface area contributed by atoms with Gasteiger partial charge in [-0.1, -0.05) is 0 Å². The van der Waals surface area contributed by atoms with Gasteiger partial charge in [0.05, 0.1) is 13.4 Å². The number of ether oxygens (including phenoxy) is 1. The van der Waals surface area contributed by atoms with Crippen molar-refractivity contribution in [1.82, 2.24) is 0 Å². The summed E-state index contributed by atoms with van der Waals surface area (Å²) in [5.41, 5.74) is 6.64. The van der Waals surface area contributed by atoms with E-state index >= 15 is 0 Å². The molecule has 5 heteroatoms. The Morgan fingerprint density at radius 1 is 1.56 bits per heavy atom. The number of hydrogen-bond acceptors (Lipinski definition) is 4. The first-order valence-corrected chi connectivity index (χ1v) is 4.67. The van der Waals surface area contributed by atoms with Gasteiger partial charge in [-0.3, -0.25) is 4.79 Å². The van der Waals surface area contributed by atoms with Crippen LogP contribution in [0.25, 0.3) is 11.0 Å². The fourth-order valence-corrected chi connectivity index (χ4v) is 1.56. The fraction of sp³-hybridized carbons (Fsp3) is 0.182. The van der Waals surface area contributed by atoms with Gasteiger partial charge in [0.2, 0.25) is 0 Å². The van der Waals surface area contributed by atoms with Gasteiger partial charge in [-0.25, -0.2) is 0 Å². The van der Waals surface area contributed by atoms with E-state index in [1.807, 2.05) is 0 Å². The van der Waals surface area contributed by atoms with E-state index in [0.29, 0.717) is 16.9 Å². The van der Waals surface area contributed by atoms with E-state index in [4.69, 9.17) is 20.0 Å². The third-order valence-electron chi connectivity index (χ3n) is 2.41. The molecule has 1 unspecified atom stereocenters. The van der Waals surface area contributed by atoms with E-state index in [2.05, 4.69) is 0 Å². The Kier molecular flexibility index (Phi) is 2.54. The van der Waals surface area contributed by atoms with E-state index < -0.39 is 12.0 Å². The van der Waals surface area contributed by atoms with Crippen molar-refractivity contribution in [3.8, 4) is 5.75 Å². The summed E-state index contributed by atoms with van der Waals surface area (Å²) >= 11 is 0. The predicted octanol–water partition coefficient (Wildman–Crippen LogP) is 1.53. The maximum Gasteiger partial charge on any atom is 0.325 e. The Labute approximate surface area is 91.4 Å². The van der Waals surface area contributed by atoms with E-state index in [9.17, 15) is 4.79 Å². The number of hydrogen-bond donors (Lipinski definition) is 2. The lowest BCUT2D eigenvalue weighted by Crippen LogP contribution is -2.21. The van der Waals surface area contributed by atoms with E-state index in [-0.39, 0.29) is 0 Å². The molecule has 0 spiro atoms. The molecular formula is C11H11NO4. The first kappa shape index (κ1) is 10.5. The molecule has 0 aliphatic heterocycles. The summed E-state index contributed by atoms with van der Waals surface area (Å²) in [6, 6.07) is 3.94. The number of aliphatic carboxylic acids is 1. The van der Waals surface area contributed by atoms with Crippen LogP contribution in [0.5, 0.6) is 5.75 Å². The summed E-state index contributed by atoms with van der Waals surface area (Å²) in [6.07, 6.45) is 1.53. The van der Waals surface area contributed by atoms with E-state index in [0.717, 1.165) is 5.39 Å². The largest absolute Gasteiger partial charge is 0.496 e. The Morgan fingerprint density at radius 3 is 2.94 bits per heavy atom. The van der Waals surface area contributed by atoms with Gasteiger partial charge in [0.15, 0.2) is 0 Å². The number of furan rings is 1. The molecule has 1 atom stereocenters. The molecule has 0 bridgehead atoms. The smallest absolute Gasteiger partial charge is 0.325 e. The van der Waals surface area contributed by atoms with Crippen LogP contribution in [0.3, 0.4) is 0 Å². The van der Waals surface area contributed by atoms with Crippen LogP contribution >= 0.6 is 0 Å². The maximum atomic E-state index is 10.8. The standard InChI is InChI=1S/C11H11NO4/c1-15-9-5-8-6(2-3-16-8)4-7(9)10(12)11(13)14/h2-5,10H,12H2,1H3,(H,13,14). The van der Waals surface area contributed by atoms with Crippen molar-refractivity contribution in [2.24, 2.45) is 5.73 Å². The highest BCUT2D eigenvalue weighted by atomic mass is 16.5. The minimum Gasteiger partial charge on any atom is -0.496 e. The summed E-state index contributed by atoms with van der Waals surface area (Å²) in [4.78, 5) is 10.8. The van der Waals surface area contributed by atoms with Crippen molar-refractivity contribution >= 4 is 16.9 Å². The van der Waals surface area contributed by atoms with Gasteiger partial charge in [-0.15, -0.1) is 0 Å². The van der Waals surface area contributed by atoms with Gasteiger partial charge in [-0.2, -0.15) is 0 Å². The minimum absolute atomic E-state index is 0.414. The average Bonchev–Trinajstić information content (AvgIpc) is 2.72. The topological polar surface area (TPSA) is 85.7 Å². The van der Waals surface area contributed by atoms with Crippen molar-refractivity contribution in [1.29, 1.82) is 0 Å². The zero-order chi connectivity index (χ0) is 11.7. The van der Waals surface area contributed by atoms with E-state index in [1.54, 1.807) is 18.2 Å². The molecule has 0 aliphatic carbocycles. The molecule has 0 amide bonds. The first-order chi connectivity index (χ1) is 7.63. The quantitative estimate of drug-likeness (QED) is 0.820. The molecule has 2 rings (SSSR count). The summed E-state index contributed by atoms with van der Waals surface area (Å²) in [5, 5.41) is 9.67. The van der Waals surface area contributed by atoms with Crippen LogP contribution in [0.1, 0.15) is 11.6 Å². The van der Waals surface area contributed by atoms with Crippen LogP contribution < -0.4 is 10.5 Å². The summed E-state index contributed by atoms with van der Waals surface area (Å²) in [6.45, 7) is 0. The molecule has 16 heavy (non-hydrogen) atoms. The zero-order valence-corrected chi connectivity index (χ0v) is 8.64. The Hall–Kier alpha value is -2.01.